The Morgan fingerprint density at radius 2 is 1.58 bits per heavy atom. The molecular formula is C10H20FNO4Y3. The van der Waals surface area contributed by atoms with Gasteiger partial charge in [-0.2, -0.15) is 0 Å². The summed E-state index contributed by atoms with van der Waals surface area (Å²) in [5.41, 5.74) is -0.392. The summed E-state index contributed by atoms with van der Waals surface area (Å²) in [5.74, 6) is 0. The Hall–Kier alpha value is 3.04. The largest absolute Gasteiger partial charge is 0.394 e. The van der Waals surface area contributed by atoms with Gasteiger partial charge in [-0.05, 0) is 20.8 Å². The van der Waals surface area contributed by atoms with Crippen molar-refractivity contribution in [1.29, 1.82) is 0 Å². The van der Waals surface area contributed by atoms with Crippen LogP contribution in [0, 0.1) is 0 Å². The van der Waals surface area contributed by atoms with Gasteiger partial charge in [-0.15, -0.1) is 0 Å². The standard InChI is InChI=1S/C10H20FNO4.3Y/c1-10(2,3)12-9-6(11)8(15)7(14)5(4-13)16-9;;;/h5-9,12-15H,4H2,1-3H3;;;/t5-,6-,7-,8-,9-;;;/m1.../s1. The third-order valence-corrected chi connectivity index (χ3v) is 2.42. The second kappa shape index (κ2) is 11.6. The smallest absolute Gasteiger partial charge is 0.168 e. The zero-order valence-electron chi connectivity index (χ0n) is 11.5. The minimum Gasteiger partial charge on any atom is -0.394 e. The average molecular weight is 504 g/mol. The van der Waals surface area contributed by atoms with Gasteiger partial charge >= 0.3 is 0 Å². The van der Waals surface area contributed by atoms with Gasteiger partial charge in [0.25, 0.3) is 0 Å². The SMILES string of the molecule is CC(C)(C)N[C@@H]1O[C@H](CO)[C@@H](O)[C@H](O)[C@H]1F.[Y].[Y].[Y]. The van der Waals surface area contributed by atoms with Crippen molar-refractivity contribution in [3.63, 3.8) is 0 Å². The molecule has 0 amide bonds. The molecule has 1 saturated heterocycles. The van der Waals surface area contributed by atoms with Crippen LogP contribution in [0.15, 0.2) is 0 Å². The van der Waals surface area contributed by atoms with E-state index in [0.717, 1.165) is 0 Å². The van der Waals surface area contributed by atoms with Gasteiger partial charge in [-0.1, -0.05) is 0 Å². The average Bonchev–Trinajstić information content (AvgIpc) is 2.17. The molecule has 3 radical (unpaired) electrons. The van der Waals surface area contributed by atoms with Crippen LogP contribution in [0.3, 0.4) is 0 Å². The minimum atomic E-state index is -1.72. The summed E-state index contributed by atoms with van der Waals surface area (Å²) in [7, 11) is 0. The summed E-state index contributed by atoms with van der Waals surface area (Å²) in [4.78, 5) is 0. The first-order chi connectivity index (χ1) is 7.26. The van der Waals surface area contributed by atoms with Crippen LogP contribution in [0.1, 0.15) is 20.8 Å². The van der Waals surface area contributed by atoms with Crippen molar-refractivity contribution in [1.82, 2.24) is 5.32 Å². The number of aliphatic hydroxyl groups excluding tert-OH is 3. The predicted molar refractivity (Wildman–Crippen MR) is 55.5 cm³/mol. The molecule has 0 saturated carbocycles. The van der Waals surface area contributed by atoms with Crippen molar-refractivity contribution in [3.05, 3.63) is 0 Å². The van der Waals surface area contributed by atoms with Crippen LogP contribution in [0.5, 0.6) is 0 Å². The monoisotopic (exact) mass is 504 g/mol. The summed E-state index contributed by atoms with van der Waals surface area (Å²) in [6.07, 6.45) is -6.68. The Morgan fingerprint density at radius 1 is 1.11 bits per heavy atom. The zero-order chi connectivity index (χ0) is 12.5. The van der Waals surface area contributed by atoms with E-state index < -0.39 is 42.9 Å². The van der Waals surface area contributed by atoms with Gasteiger partial charge in [-0.3, -0.25) is 5.32 Å². The number of ether oxygens (including phenoxy) is 1. The molecule has 0 spiro atoms. The first-order valence-corrected chi connectivity index (χ1v) is 5.30. The van der Waals surface area contributed by atoms with Crippen LogP contribution in [-0.2, 0) is 103 Å². The van der Waals surface area contributed by atoms with E-state index in [4.69, 9.17) is 9.84 Å². The normalized spacial score (nSPS) is 34.6. The maximum Gasteiger partial charge on any atom is 0.168 e. The van der Waals surface area contributed by atoms with Gasteiger partial charge in [-0.25, -0.2) is 4.39 Å². The van der Waals surface area contributed by atoms with Gasteiger partial charge in [0.1, 0.15) is 24.5 Å². The van der Waals surface area contributed by atoms with Crippen molar-refractivity contribution >= 4 is 0 Å². The Labute approximate surface area is 188 Å². The molecule has 4 N–H and O–H groups in total. The fraction of sp³-hybridized carbons (Fsp3) is 1.00. The number of nitrogens with one attached hydrogen (secondary N) is 1. The quantitative estimate of drug-likeness (QED) is 0.394. The fourth-order valence-electron chi connectivity index (χ4n) is 1.62. The van der Waals surface area contributed by atoms with E-state index in [-0.39, 0.29) is 98.1 Å². The molecular weight excluding hydrogens is 484 g/mol. The Bertz CT molecular complexity index is 243. The summed E-state index contributed by atoms with van der Waals surface area (Å²) >= 11 is 0. The number of aliphatic hydroxyl groups is 3. The van der Waals surface area contributed by atoms with E-state index in [1.54, 1.807) is 0 Å². The molecule has 105 valence electrons. The summed E-state index contributed by atoms with van der Waals surface area (Å²) in [5, 5.41) is 30.7. The molecule has 0 aromatic rings. The third kappa shape index (κ3) is 8.45. The van der Waals surface area contributed by atoms with E-state index >= 15 is 0 Å². The molecule has 19 heavy (non-hydrogen) atoms. The molecule has 1 aliphatic rings. The predicted octanol–water partition coefficient (Wildman–Crippen LogP) is -0.856. The molecule has 1 fully saturated rings. The van der Waals surface area contributed by atoms with Gasteiger partial charge in [0.15, 0.2) is 6.17 Å². The molecule has 0 aliphatic carbocycles. The van der Waals surface area contributed by atoms with Crippen LogP contribution >= 0.6 is 0 Å². The zero-order valence-corrected chi connectivity index (χ0v) is 20.0. The molecule has 1 aliphatic heterocycles. The number of alkyl halides is 1. The molecule has 9 heteroatoms. The molecule has 0 aromatic carbocycles. The molecule has 0 aromatic heterocycles. The number of rotatable bonds is 2. The first kappa shape index (κ1) is 26.9. The van der Waals surface area contributed by atoms with E-state index in [0.29, 0.717) is 0 Å². The van der Waals surface area contributed by atoms with E-state index in [9.17, 15) is 14.6 Å². The van der Waals surface area contributed by atoms with E-state index in [1.165, 1.54) is 0 Å². The Balaban J connectivity index is -0.000000853. The first-order valence-electron chi connectivity index (χ1n) is 5.30. The Kier molecular flexibility index (Phi) is 16.4. The maximum absolute atomic E-state index is 13.7. The van der Waals surface area contributed by atoms with Crippen molar-refractivity contribution in [2.75, 3.05) is 6.61 Å². The van der Waals surface area contributed by atoms with Gasteiger partial charge < -0.3 is 20.1 Å². The van der Waals surface area contributed by atoms with Crippen molar-refractivity contribution in [3.8, 4) is 0 Å². The number of hydrogen-bond donors (Lipinski definition) is 4. The summed E-state index contributed by atoms with van der Waals surface area (Å²) in [6, 6.07) is 0. The maximum atomic E-state index is 13.7. The molecule has 0 bridgehead atoms. The van der Waals surface area contributed by atoms with Crippen LogP contribution < -0.4 is 5.32 Å². The molecule has 5 atom stereocenters. The number of halogens is 1. The topological polar surface area (TPSA) is 82.0 Å². The van der Waals surface area contributed by atoms with Crippen molar-refractivity contribution in [2.45, 2.75) is 57.0 Å². The second-order valence-electron chi connectivity index (χ2n) is 5.10. The third-order valence-electron chi connectivity index (χ3n) is 2.42. The van der Waals surface area contributed by atoms with E-state index in [1.807, 2.05) is 20.8 Å². The molecule has 5 nitrogen and oxygen atoms in total. The van der Waals surface area contributed by atoms with Crippen molar-refractivity contribution < 1.29 is 123 Å². The fourth-order valence-corrected chi connectivity index (χ4v) is 1.62. The minimum absolute atomic E-state index is 0. The molecule has 0 unspecified atom stereocenters. The van der Waals surface area contributed by atoms with Crippen LogP contribution in [0.4, 0.5) is 4.39 Å². The molecule has 1 heterocycles. The van der Waals surface area contributed by atoms with Gasteiger partial charge in [0.2, 0.25) is 0 Å². The summed E-state index contributed by atoms with van der Waals surface area (Å²) in [6.45, 7) is 5.02. The number of hydrogen-bond acceptors (Lipinski definition) is 5. The molecule has 1 rings (SSSR count). The summed E-state index contributed by atoms with van der Waals surface area (Å²) < 4.78 is 18.8. The van der Waals surface area contributed by atoms with Crippen molar-refractivity contribution in [2.24, 2.45) is 0 Å². The van der Waals surface area contributed by atoms with E-state index in [2.05, 4.69) is 5.32 Å². The second-order valence-corrected chi connectivity index (χ2v) is 5.10. The van der Waals surface area contributed by atoms with Gasteiger partial charge in [0.05, 0.1) is 6.61 Å². The Morgan fingerprint density at radius 3 is 1.95 bits per heavy atom. The van der Waals surface area contributed by atoms with Crippen LogP contribution in [-0.4, -0.2) is 58.2 Å². The van der Waals surface area contributed by atoms with Crippen LogP contribution in [0.2, 0.25) is 0 Å². The van der Waals surface area contributed by atoms with Crippen LogP contribution in [0.25, 0.3) is 0 Å². The van der Waals surface area contributed by atoms with Gasteiger partial charge in [0, 0.05) is 104 Å².